The minimum Gasteiger partial charge on any atom is -0.309 e. The zero-order chi connectivity index (χ0) is 49.3. The van der Waals surface area contributed by atoms with Crippen LogP contribution in [0.4, 0.5) is 79.0 Å². The van der Waals surface area contributed by atoms with Gasteiger partial charge in [0.1, 0.15) is 0 Å². The lowest BCUT2D eigenvalue weighted by molar-refractivity contribution is -0.150. The van der Waals surface area contributed by atoms with Crippen LogP contribution < -0.4 is 0 Å². The standard InChI is InChI=1S/C48H22F18N2/c49-43(50,51)25-19-31(45(55,56)57)39(32(20-25)46(58,59)60)23-7-5-9-27(17-23)67-35-13-3-1-11-29(35)41-37(67)15-16-38-42(41)30-12-2-4-14-36(30)68(38)28-10-6-8-24(18-28)40-33(47(61,62)63)21-26(44(52,53)54)22-34(40)48(64,65)66/h1-22H. The van der Waals surface area contributed by atoms with E-state index in [1.165, 1.54) is 33.4 Å². The Bertz CT molecular complexity index is 3180. The number of nitrogens with zero attached hydrogens (tertiary/aromatic N) is 2. The summed E-state index contributed by atoms with van der Waals surface area (Å²) in [5.74, 6) is 0. The number of hydrogen-bond acceptors (Lipinski definition) is 0. The van der Waals surface area contributed by atoms with Crippen LogP contribution in [0.25, 0.3) is 77.2 Å². The van der Waals surface area contributed by atoms with Gasteiger partial charge in [0, 0.05) is 44.0 Å². The molecule has 0 radical (unpaired) electrons. The van der Waals surface area contributed by atoms with E-state index in [1.54, 1.807) is 48.5 Å². The highest BCUT2D eigenvalue weighted by Crippen LogP contribution is 2.51. The molecule has 0 saturated heterocycles. The number of rotatable bonds is 4. The van der Waals surface area contributed by atoms with Gasteiger partial charge in [-0.15, -0.1) is 0 Å². The van der Waals surface area contributed by atoms with Crippen molar-refractivity contribution in [1.82, 2.24) is 9.13 Å². The van der Waals surface area contributed by atoms with E-state index in [2.05, 4.69) is 0 Å². The maximum Gasteiger partial charge on any atom is 0.417 e. The highest BCUT2D eigenvalue weighted by molar-refractivity contribution is 6.29. The topological polar surface area (TPSA) is 9.86 Å². The third-order valence-corrected chi connectivity index (χ3v) is 11.4. The van der Waals surface area contributed by atoms with Crippen LogP contribution in [0, 0.1) is 0 Å². The van der Waals surface area contributed by atoms with E-state index in [9.17, 15) is 79.0 Å². The molecule has 68 heavy (non-hydrogen) atoms. The predicted octanol–water partition coefficient (Wildman–Crippen LogP) is 17.3. The van der Waals surface area contributed by atoms with E-state index in [0.29, 0.717) is 32.6 Å². The molecule has 9 aromatic rings. The first-order valence-corrected chi connectivity index (χ1v) is 19.5. The lowest BCUT2D eigenvalue weighted by Crippen LogP contribution is -2.18. The summed E-state index contributed by atoms with van der Waals surface area (Å²) in [4.78, 5) is 0. The Hall–Kier alpha value is -7.12. The number of halogens is 18. The molecule has 0 unspecified atom stereocenters. The fraction of sp³-hybridized carbons (Fsp3) is 0.125. The molecule has 0 saturated carbocycles. The fourth-order valence-electron chi connectivity index (χ4n) is 8.80. The van der Waals surface area contributed by atoms with Gasteiger partial charge in [-0.2, -0.15) is 79.0 Å². The first-order chi connectivity index (χ1) is 31.5. The summed E-state index contributed by atoms with van der Waals surface area (Å²) in [5.41, 5.74) is -16.6. The molecule has 0 aliphatic heterocycles. The number of benzene rings is 7. The van der Waals surface area contributed by atoms with Gasteiger partial charge in [-0.05, 0) is 83.9 Å². The minimum absolute atomic E-state index is 0.0388. The summed E-state index contributed by atoms with van der Waals surface area (Å²) in [7, 11) is 0. The van der Waals surface area contributed by atoms with Crippen LogP contribution >= 0.6 is 0 Å². The Balaban J connectivity index is 1.31. The third kappa shape index (κ3) is 7.72. The summed E-state index contributed by atoms with van der Waals surface area (Å²) in [5, 5.41) is 1.67. The first-order valence-electron chi connectivity index (χ1n) is 19.5. The largest absolute Gasteiger partial charge is 0.417 e. The van der Waals surface area contributed by atoms with Crippen molar-refractivity contribution in [2.45, 2.75) is 37.1 Å². The molecule has 0 amide bonds. The second-order valence-electron chi connectivity index (χ2n) is 15.5. The number of para-hydroxylation sites is 2. The van der Waals surface area contributed by atoms with Crippen molar-refractivity contribution in [3.8, 4) is 33.6 Å². The molecule has 2 heterocycles. The van der Waals surface area contributed by atoms with Gasteiger partial charge in [-0.3, -0.25) is 0 Å². The van der Waals surface area contributed by atoms with Crippen LogP contribution in [-0.2, 0) is 37.1 Å². The molecule has 2 nitrogen and oxygen atoms in total. The average Bonchev–Trinajstić information content (AvgIpc) is 3.76. The summed E-state index contributed by atoms with van der Waals surface area (Å²) in [6, 6.07) is 22.7. The molecule has 0 fully saturated rings. The van der Waals surface area contributed by atoms with Crippen molar-refractivity contribution in [3.05, 3.63) is 167 Å². The molecule has 0 aliphatic rings. The van der Waals surface area contributed by atoms with Crippen LogP contribution in [0.2, 0.25) is 0 Å². The van der Waals surface area contributed by atoms with Gasteiger partial charge in [0.15, 0.2) is 0 Å². The molecule has 0 N–H and O–H groups in total. The summed E-state index contributed by atoms with van der Waals surface area (Å²) >= 11 is 0. The van der Waals surface area contributed by atoms with E-state index in [4.69, 9.17) is 0 Å². The third-order valence-electron chi connectivity index (χ3n) is 11.4. The Labute approximate surface area is 368 Å². The Morgan fingerprint density at radius 3 is 0.882 bits per heavy atom. The zero-order valence-corrected chi connectivity index (χ0v) is 33.4. The van der Waals surface area contributed by atoms with Gasteiger partial charge in [0.25, 0.3) is 0 Å². The zero-order valence-electron chi connectivity index (χ0n) is 33.4. The highest BCUT2D eigenvalue weighted by atomic mass is 19.4. The molecule has 0 aliphatic carbocycles. The van der Waals surface area contributed by atoms with Crippen molar-refractivity contribution < 1.29 is 79.0 Å². The lowest BCUT2D eigenvalue weighted by Gasteiger charge is -2.22. The molecule has 350 valence electrons. The van der Waals surface area contributed by atoms with E-state index < -0.39 is 117 Å². The number of fused-ring (bicyclic) bond motifs is 7. The Morgan fingerprint density at radius 1 is 0.279 bits per heavy atom. The van der Waals surface area contributed by atoms with Crippen molar-refractivity contribution in [2.24, 2.45) is 0 Å². The van der Waals surface area contributed by atoms with Crippen LogP contribution in [0.5, 0.6) is 0 Å². The van der Waals surface area contributed by atoms with Gasteiger partial charge < -0.3 is 9.13 Å². The van der Waals surface area contributed by atoms with Crippen LogP contribution in [0.15, 0.2) is 133 Å². The molecule has 9 rings (SSSR count). The van der Waals surface area contributed by atoms with Crippen LogP contribution in [0.1, 0.15) is 33.4 Å². The summed E-state index contributed by atoms with van der Waals surface area (Å²) < 4.78 is 259. The predicted molar refractivity (Wildman–Crippen MR) is 216 cm³/mol. The first kappa shape index (κ1) is 46.0. The van der Waals surface area contributed by atoms with E-state index in [0.717, 1.165) is 36.4 Å². The van der Waals surface area contributed by atoms with Gasteiger partial charge in [-0.1, -0.05) is 60.7 Å². The SMILES string of the molecule is FC(F)(F)c1cc(C(F)(F)F)c(-c2cccc(-n3c4ccccc4c4c5c6ccccc6n(-c6cccc(-c7c(C(F)(F)F)cc(C(F)(F)F)cc7C(F)(F)F)c6)c5ccc43)c2)c(C(F)(F)F)c1. The normalized spacial score (nSPS) is 13.4. The number of aromatic nitrogens is 2. The van der Waals surface area contributed by atoms with Gasteiger partial charge in [-0.25, -0.2) is 0 Å². The quantitative estimate of drug-likeness (QED) is 0.156. The molecular weight excluding hydrogens is 947 g/mol. The van der Waals surface area contributed by atoms with Crippen LogP contribution in [-0.4, -0.2) is 9.13 Å². The van der Waals surface area contributed by atoms with E-state index >= 15 is 0 Å². The van der Waals surface area contributed by atoms with Crippen molar-refractivity contribution in [1.29, 1.82) is 0 Å². The van der Waals surface area contributed by atoms with E-state index in [-0.39, 0.29) is 22.4 Å². The lowest BCUT2D eigenvalue weighted by atomic mass is 9.90. The van der Waals surface area contributed by atoms with Gasteiger partial charge in [0.05, 0.1) is 55.4 Å². The number of hydrogen-bond donors (Lipinski definition) is 0. The molecule has 0 spiro atoms. The molecule has 2 aromatic heterocycles. The Morgan fingerprint density at radius 2 is 0.588 bits per heavy atom. The van der Waals surface area contributed by atoms with Crippen LogP contribution in [0.3, 0.4) is 0 Å². The molecule has 7 aromatic carbocycles. The molecule has 20 heteroatoms. The number of alkyl halides is 18. The molecule has 0 bridgehead atoms. The van der Waals surface area contributed by atoms with Crippen molar-refractivity contribution in [3.63, 3.8) is 0 Å². The summed E-state index contributed by atoms with van der Waals surface area (Å²) in [6.07, 6.45) is -34.0. The fourth-order valence-corrected chi connectivity index (χ4v) is 8.80. The summed E-state index contributed by atoms with van der Waals surface area (Å²) in [6.45, 7) is 0. The second-order valence-corrected chi connectivity index (χ2v) is 15.5. The molecular formula is C48H22F18N2. The van der Waals surface area contributed by atoms with Crippen molar-refractivity contribution in [2.75, 3.05) is 0 Å². The minimum atomic E-state index is -5.70. The smallest absolute Gasteiger partial charge is 0.309 e. The molecule has 0 atom stereocenters. The second kappa shape index (κ2) is 15.2. The van der Waals surface area contributed by atoms with Gasteiger partial charge >= 0.3 is 37.1 Å². The average molecular weight is 969 g/mol. The van der Waals surface area contributed by atoms with Crippen molar-refractivity contribution >= 4 is 43.6 Å². The van der Waals surface area contributed by atoms with Gasteiger partial charge in [0.2, 0.25) is 0 Å². The van der Waals surface area contributed by atoms with E-state index in [1.807, 2.05) is 0 Å². The maximum atomic E-state index is 14.5. The Kier molecular flexibility index (Phi) is 10.3. The highest BCUT2D eigenvalue weighted by Gasteiger charge is 2.47. The monoisotopic (exact) mass is 968 g/mol. The maximum absolute atomic E-state index is 14.5.